The number of benzene rings is 1. The summed E-state index contributed by atoms with van der Waals surface area (Å²) in [5, 5.41) is 2.99. The molecule has 0 heterocycles. The van der Waals surface area contributed by atoms with E-state index in [9.17, 15) is 4.79 Å². The van der Waals surface area contributed by atoms with Crippen LogP contribution in [-0.4, -0.2) is 20.4 Å². The van der Waals surface area contributed by atoms with Gasteiger partial charge in [0.15, 0.2) is 0 Å². The van der Waals surface area contributed by atoms with Gasteiger partial charge >= 0.3 is 0 Å². The van der Waals surface area contributed by atoms with Crippen LogP contribution in [0.2, 0.25) is 0 Å². The fourth-order valence-electron chi connectivity index (χ4n) is 2.02. The highest BCUT2D eigenvalue weighted by Gasteiger charge is 2.16. The molecular weight excluding hydrogens is 202 g/mol. The fraction of sp³-hybridized carbons (Fsp3) is 0.462. The van der Waals surface area contributed by atoms with Crippen LogP contribution in [0.1, 0.15) is 28.3 Å². The highest BCUT2D eigenvalue weighted by atomic mass is 16.5. The molecule has 1 N–H and O–H groups in total. The first-order valence-electron chi connectivity index (χ1n) is 5.34. The second-order valence-corrected chi connectivity index (χ2v) is 3.97. The van der Waals surface area contributed by atoms with Gasteiger partial charge in [0.1, 0.15) is 12.0 Å². The second kappa shape index (κ2) is 5.12. The molecule has 1 aromatic carbocycles. The molecule has 1 rings (SSSR count). The highest BCUT2D eigenvalue weighted by Crippen LogP contribution is 2.30. The van der Waals surface area contributed by atoms with Crippen molar-refractivity contribution >= 4 is 6.29 Å². The Bertz CT molecular complexity index is 399. The van der Waals surface area contributed by atoms with Gasteiger partial charge in [0, 0.05) is 0 Å². The van der Waals surface area contributed by atoms with Gasteiger partial charge in [-0.15, -0.1) is 0 Å². The minimum Gasteiger partial charge on any atom is -0.496 e. The molecule has 0 aliphatic carbocycles. The van der Waals surface area contributed by atoms with Gasteiger partial charge in [-0.2, -0.15) is 0 Å². The first-order chi connectivity index (χ1) is 7.56. The summed E-state index contributed by atoms with van der Waals surface area (Å²) in [4.78, 5) is 11.0. The minimum atomic E-state index is -0.247. The van der Waals surface area contributed by atoms with E-state index < -0.39 is 0 Å². The van der Waals surface area contributed by atoms with Crippen LogP contribution >= 0.6 is 0 Å². The van der Waals surface area contributed by atoms with Crippen molar-refractivity contribution in [1.29, 1.82) is 0 Å². The summed E-state index contributed by atoms with van der Waals surface area (Å²) < 4.78 is 5.35. The molecule has 0 amide bonds. The predicted molar refractivity (Wildman–Crippen MR) is 65.1 cm³/mol. The molecule has 16 heavy (non-hydrogen) atoms. The zero-order chi connectivity index (χ0) is 12.3. The van der Waals surface area contributed by atoms with E-state index in [1.807, 2.05) is 26.8 Å². The molecule has 0 bridgehead atoms. The third-order valence-corrected chi connectivity index (χ3v) is 3.05. The Balaban J connectivity index is 3.38. The second-order valence-electron chi connectivity index (χ2n) is 3.97. The number of likely N-dealkylation sites (N-methyl/N-ethyl adjacent to an activating group) is 1. The molecule has 3 nitrogen and oxygen atoms in total. The van der Waals surface area contributed by atoms with Gasteiger partial charge in [0.05, 0.1) is 13.2 Å². The first-order valence-corrected chi connectivity index (χ1v) is 5.34. The lowest BCUT2D eigenvalue weighted by Crippen LogP contribution is -2.19. The molecule has 0 saturated heterocycles. The minimum absolute atomic E-state index is 0.247. The van der Waals surface area contributed by atoms with Gasteiger partial charge in [0.25, 0.3) is 0 Å². The van der Waals surface area contributed by atoms with E-state index in [-0.39, 0.29) is 6.04 Å². The average molecular weight is 221 g/mol. The molecule has 1 aromatic rings. The van der Waals surface area contributed by atoms with Crippen molar-refractivity contribution in [2.75, 3.05) is 14.2 Å². The van der Waals surface area contributed by atoms with E-state index in [1.54, 1.807) is 14.2 Å². The van der Waals surface area contributed by atoms with Gasteiger partial charge in [-0.3, -0.25) is 0 Å². The molecule has 0 aliphatic heterocycles. The van der Waals surface area contributed by atoms with Crippen molar-refractivity contribution in [3.8, 4) is 5.75 Å². The SMILES string of the molecule is CNC(C=O)c1cc(C)c(OC)c(C)c1C. The van der Waals surface area contributed by atoms with E-state index in [1.165, 1.54) is 0 Å². The van der Waals surface area contributed by atoms with Crippen LogP contribution in [0.25, 0.3) is 0 Å². The van der Waals surface area contributed by atoms with Crippen molar-refractivity contribution in [2.24, 2.45) is 0 Å². The number of ether oxygens (including phenoxy) is 1. The summed E-state index contributed by atoms with van der Waals surface area (Å²) in [6, 6.07) is 1.76. The number of carbonyl (C=O) groups excluding carboxylic acids is 1. The first kappa shape index (κ1) is 12.7. The van der Waals surface area contributed by atoms with Gasteiger partial charge in [-0.05, 0) is 50.1 Å². The van der Waals surface area contributed by atoms with Gasteiger partial charge in [-0.1, -0.05) is 6.07 Å². The molecule has 0 saturated carbocycles. The molecule has 3 heteroatoms. The van der Waals surface area contributed by atoms with Crippen molar-refractivity contribution in [3.63, 3.8) is 0 Å². The van der Waals surface area contributed by atoms with Gasteiger partial charge in [-0.25, -0.2) is 0 Å². The molecule has 0 fully saturated rings. The summed E-state index contributed by atoms with van der Waals surface area (Å²) in [6.07, 6.45) is 0.924. The van der Waals surface area contributed by atoms with E-state index in [4.69, 9.17) is 4.74 Å². The van der Waals surface area contributed by atoms with Gasteiger partial charge < -0.3 is 14.8 Å². The Morgan fingerprint density at radius 3 is 2.38 bits per heavy atom. The van der Waals surface area contributed by atoms with E-state index in [2.05, 4.69) is 5.32 Å². The molecule has 88 valence electrons. The lowest BCUT2D eigenvalue weighted by molar-refractivity contribution is -0.109. The number of carbonyl (C=O) groups is 1. The summed E-state index contributed by atoms with van der Waals surface area (Å²) in [5.41, 5.74) is 4.28. The number of nitrogens with one attached hydrogen (secondary N) is 1. The maximum absolute atomic E-state index is 11.0. The molecule has 1 atom stereocenters. The quantitative estimate of drug-likeness (QED) is 0.791. The van der Waals surface area contributed by atoms with Crippen LogP contribution in [0.4, 0.5) is 0 Å². The normalized spacial score (nSPS) is 12.3. The third-order valence-electron chi connectivity index (χ3n) is 3.05. The fourth-order valence-corrected chi connectivity index (χ4v) is 2.02. The largest absolute Gasteiger partial charge is 0.496 e. The molecule has 0 spiro atoms. The van der Waals surface area contributed by atoms with Crippen molar-refractivity contribution in [1.82, 2.24) is 5.32 Å². The molecule has 0 radical (unpaired) electrons. The Morgan fingerprint density at radius 2 is 1.94 bits per heavy atom. The van der Waals surface area contributed by atoms with Crippen LogP contribution in [0, 0.1) is 20.8 Å². The van der Waals surface area contributed by atoms with Crippen molar-refractivity contribution in [2.45, 2.75) is 26.8 Å². The number of aryl methyl sites for hydroxylation is 1. The molecule has 0 aliphatic rings. The lowest BCUT2D eigenvalue weighted by atomic mass is 9.94. The molecule has 1 unspecified atom stereocenters. The Labute approximate surface area is 96.8 Å². The predicted octanol–water partition coefficient (Wildman–Crippen LogP) is 2.08. The van der Waals surface area contributed by atoms with E-state index in [0.717, 1.165) is 34.3 Å². The number of methoxy groups -OCH3 is 1. The molecular formula is C13H19NO2. The Hall–Kier alpha value is -1.35. The Kier molecular flexibility index (Phi) is 4.07. The number of hydrogen-bond donors (Lipinski definition) is 1. The van der Waals surface area contributed by atoms with Crippen LogP contribution < -0.4 is 10.1 Å². The summed E-state index contributed by atoms with van der Waals surface area (Å²) in [5.74, 6) is 0.905. The summed E-state index contributed by atoms with van der Waals surface area (Å²) in [7, 11) is 3.46. The van der Waals surface area contributed by atoms with Gasteiger partial charge in [0.2, 0.25) is 0 Å². The standard InChI is InChI=1S/C13H19NO2/c1-8-6-11(12(7-15)14-4)9(2)10(3)13(8)16-5/h6-7,12,14H,1-5H3. The van der Waals surface area contributed by atoms with Crippen LogP contribution in [-0.2, 0) is 4.79 Å². The zero-order valence-electron chi connectivity index (χ0n) is 10.5. The van der Waals surface area contributed by atoms with Crippen LogP contribution in [0.3, 0.4) is 0 Å². The highest BCUT2D eigenvalue weighted by molar-refractivity contribution is 5.64. The lowest BCUT2D eigenvalue weighted by Gasteiger charge is -2.18. The summed E-state index contributed by atoms with van der Waals surface area (Å²) in [6.45, 7) is 6.02. The maximum Gasteiger partial charge on any atom is 0.141 e. The third kappa shape index (κ3) is 2.09. The van der Waals surface area contributed by atoms with Crippen LogP contribution in [0.15, 0.2) is 6.07 Å². The number of hydrogen-bond acceptors (Lipinski definition) is 3. The zero-order valence-corrected chi connectivity index (χ0v) is 10.5. The van der Waals surface area contributed by atoms with Crippen LogP contribution in [0.5, 0.6) is 5.75 Å². The van der Waals surface area contributed by atoms with E-state index >= 15 is 0 Å². The topological polar surface area (TPSA) is 38.3 Å². The Morgan fingerprint density at radius 1 is 1.31 bits per heavy atom. The summed E-state index contributed by atoms with van der Waals surface area (Å²) >= 11 is 0. The number of aldehydes is 1. The van der Waals surface area contributed by atoms with Crippen molar-refractivity contribution < 1.29 is 9.53 Å². The van der Waals surface area contributed by atoms with E-state index in [0.29, 0.717) is 0 Å². The smallest absolute Gasteiger partial charge is 0.141 e. The molecule has 0 aromatic heterocycles. The number of rotatable bonds is 4. The maximum atomic E-state index is 11.0. The average Bonchev–Trinajstić information content (AvgIpc) is 2.27. The monoisotopic (exact) mass is 221 g/mol. The van der Waals surface area contributed by atoms with Crippen molar-refractivity contribution in [3.05, 3.63) is 28.3 Å².